The Labute approximate surface area is 169 Å². The number of rotatable bonds is 4. The van der Waals surface area contributed by atoms with Gasteiger partial charge in [0.25, 0.3) is 11.7 Å². The van der Waals surface area contributed by atoms with Crippen LogP contribution < -0.4 is 4.74 Å². The highest BCUT2D eigenvalue weighted by Gasteiger charge is 2.49. The summed E-state index contributed by atoms with van der Waals surface area (Å²) in [7, 11) is 1.55. The number of ketones is 1. The van der Waals surface area contributed by atoms with E-state index >= 15 is 0 Å². The topological polar surface area (TPSA) is 87.1 Å². The molecule has 1 saturated heterocycles. The third-order valence-electron chi connectivity index (χ3n) is 5.75. The number of benzene rings is 2. The lowest BCUT2D eigenvalue weighted by molar-refractivity contribution is -0.141. The lowest BCUT2D eigenvalue weighted by Crippen LogP contribution is -2.37. The third kappa shape index (κ3) is 3.35. The number of aliphatic hydroxyl groups excluding tert-OH is 1. The van der Waals surface area contributed by atoms with Crippen LogP contribution in [0, 0.1) is 0 Å². The van der Waals surface area contributed by atoms with Crippen molar-refractivity contribution < 1.29 is 24.5 Å². The first-order valence-corrected chi connectivity index (χ1v) is 9.74. The predicted molar refractivity (Wildman–Crippen MR) is 107 cm³/mol. The Morgan fingerprint density at radius 1 is 1.07 bits per heavy atom. The molecule has 1 aliphatic heterocycles. The molecular weight excluding hydrogens is 370 g/mol. The minimum Gasteiger partial charge on any atom is -0.508 e. The van der Waals surface area contributed by atoms with Crippen LogP contribution in [0.25, 0.3) is 5.76 Å². The number of nitrogens with zero attached hydrogens (tertiary/aromatic N) is 1. The fraction of sp³-hybridized carbons (Fsp3) is 0.304. The molecule has 2 aromatic rings. The zero-order valence-corrected chi connectivity index (χ0v) is 16.2. The van der Waals surface area contributed by atoms with Crippen LogP contribution in [-0.4, -0.2) is 40.0 Å². The number of phenolic OH excluding ortho intramolecular Hbond substituents is 1. The molecule has 6 heteroatoms. The number of aliphatic hydroxyl groups is 1. The van der Waals surface area contributed by atoms with Gasteiger partial charge in [-0.15, -0.1) is 0 Å². The predicted octanol–water partition coefficient (Wildman–Crippen LogP) is 3.77. The quantitative estimate of drug-likeness (QED) is 0.469. The van der Waals surface area contributed by atoms with Crippen molar-refractivity contribution >= 4 is 17.4 Å². The third-order valence-corrected chi connectivity index (χ3v) is 5.75. The standard InChI is InChI=1S/C23H23NO5/c1-29-18-11-9-14(10-12-18)21(26)19-20(15-5-4-8-17(25)13-15)24(23(28)22(19)27)16-6-2-3-7-16/h4-5,8-13,16,20,25-26H,2-3,6-7H2,1H3/b21-19-. The number of hydrogen-bond donors (Lipinski definition) is 2. The van der Waals surface area contributed by atoms with Crippen molar-refractivity contribution in [3.63, 3.8) is 0 Å². The van der Waals surface area contributed by atoms with Crippen molar-refractivity contribution in [2.75, 3.05) is 7.11 Å². The summed E-state index contributed by atoms with van der Waals surface area (Å²) in [6.45, 7) is 0. The van der Waals surface area contributed by atoms with Crippen molar-refractivity contribution in [1.82, 2.24) is 4.90 Å². The van der Waals surface area contributed by atoms with E-state index < -0.39 is 17.7 Å². The average molecular weight is 393 g/mol. The summed E-state index contributed by atoms with van der Waals surface area (Å²) in [5.74, 6) is -0.847. The van der Waals surface area contributed by atoms with Gasteiger partial charge in [-0.1, -0.05) is 25.0 Å². The van der Waals surface area contributed by atoms with Crippen molar-refractivity contribution in [2.24, 2.45) is 0 Å². The van der Waals surface area contributed by atoms with E-state index in [2.05, 4.69) is 0 Å². The number of hydrogen-bond acceptors (Lipinski definition) is 5. The summed E-state index contributed by atoms with van der Waals surface area (Å²) >= 11 is 0. The number of aromatic hydroxyl groups is 1. The molecule has 0 radical (unpaired) electrons. The number of likely N-dealkylation sites (tertiary alicyclic amines) is 1. The van der Waals surface area contributed by atoms with E-state index in [4.69, 9.17) is 4.74 Å². The summed E-state index contributed by atoms with van der Waals surface area (Å²) in [5, 5.41) is 21.0. The molecule has 2 aliphatic rings. The summed E-state index contributed by atoms with van der Waals surface area (Å²) in [5.41, 5.74) is 1.09. The summed E-state index contributed by atoms with van der Waals surface area (Å²) < 4.78 is 5.15. The Morgan fingerprint density at radius 2 is 1.76 bits per heavy atom. The molecule has 150 valence electrons. The molecule has 1 aliphatic carbocycles. The van der Waals surface area contributed by atoms with Crippen molar-refractivity contribution in [2.45, 2.75) is 37.8 Å². The molecule has 1 heterocycles. The maximum absolute atomic E-state index is 13.0. The SMILES string of the molecule is COc1ccc(/C(O)=C2/C(=O)C(=O)N(C3CCCC3)C2c2cccc(O)c2)cc1. The van der Waals surface area contributed by atoms with Crippen LogP contribution in [0.5, 0.6) is 11.5 Å². The molecule has 4 rings (SSSR count). The summed E-state index contributed by atoms with van der Waals surface area (Å²) in [6, 6.07) is 12.4. The Morgan fingerprint density at radius 3 is 2.38 bits per heavy atom. The molecule has 2 N–H and O–H groups in total. The highest BCUT2D eigenvalue weighted by Crippen LogP contribution is 2.44. The van der Waals surface area contributed by atoms with Crippen LogP contribution in [0.2, 0.25) is 0 Å². The van der Waals surface area contributed by atoms with Crippen molar-refractivity contribution in [3.8, 4) is 11.5 Å². The molecule has 1 unspecified atom stereocenters. The average Bonchev–Trinajstić information content (AvgIpc) is 3.34. The number of carbonyl (C=O) groups excluding carboxylic acids is 2. The molecule has 2 fully saturated rings. The van der Waals surface area contributed by atoms with Crippen LogP contribution in [0.4, 0.5) is 0 Å². The largest absolute Gasteiger partial charge is 0.508 e. The molecule has 6 nitrogen and oxygen atoms in total. The van der Waals surface area contributed by atoms with Gasteiger partial charge in [-0.2, -0.15) is 0 Å². The van der Waals surface area contributed by atoms with E-state index in [1.807, 2.05) is 0 Å². The van der Waals surface area contributed by atoms with E-state index in [0.29, 0.717) is 16.9 Å². The number of methoxy groups -OCH3 is 1. The van der Waals surface area contributed by atoms with E-state index in [0.717, 1.165) is 25.7 Å². The van der Waals surface area contributed by atoms with Crippen LogP contribution in [0.15, 0.2) is 54.1 Å². The van der Waals surface area contributed by atoms with Gasteiger partial charge in [0, 0.05) is 11.6 Å². The Bertz CT molecular complexity index is 973. The second-order valence-corrected chi connectivity index (χ2v) is 7.47. The maximum Gasteiger partial charge on any atom is 0.295 e. The first-order chi connectivity index (χ1) is 14.0. The minimum absolute atomic E-state index is 0.0453. The molecule has 0 aromatic heterocycles. The molecule has 1 saturated carbocycles. The monoisotopic (exact) mass is 393 g/mol. The van der Waals surface area contributed by atoms with Gasteiger partial charge in [-0.25, -0.2) is 0 Å². The number of Topliss-reactive ketones (excluding diaryl/α,β-unsaturated/α-hetero) is 1. The fourth-order valence-corrected chi connectivity index (χ4v) is 4.34. The summed E-state index contributed by atoms with van der Waals surface area (Å²) in [4.78, 5) is 27.5. The van der Waals surface area contributed by atoms with Gasteiger partial charge in [0.1, 0.15) is 17.3 Å². The summed E-state index contributed by atoms with van der Waals surface area (Å²) in [6.07, 6.45) is 3.65. The second kappa shape index (κ2) is 7.62. The number of ether oxygens (including phenoxy) is 1. The van der Waals surface area contributed by atoms with Gasteiger partial charge in [0.2, 0.25) is 0 Å². The molecule has 0 spiro atoms. The number of carbonyl (C=O) groups is 2. The zero-order valence-electron chi connectivity index (χ0n) is 16.2. The van der Waals surface area contributed by atoms with Crippen LogP contribution in [0.1, 0.15) is 42.9 Å². The van der Waals surface area contributed by atoms with Crippen molar-refractivity contribution in [3.05, 3.63) is 65.2 Å². The lowest BCUT2D eigenvalue weighted by Gasteiger charge is -2.30. The molecule has 0 bridgehead atoms. The number of amides is 1. The lowest BCUT2D eigenvalue weighted by atomic mass is 9.94. The van der Waals surface area contributed by atoms with Gasteiger partial charge >= 0.3 is 0 Å². The Balaban J connectivity index is 1.87. The van der Waals surface area contributed by atoms with E-state index in [-0.39, 0.29) is 23.1 Å². The van der Waals surface area contributed by atoms with Gasteiger partial charge < -0.3 is 19.8 Å². The van der Waals surface area contributed by atoms with Gasteiger partial charge in [-0.05, 0) is 54.8 Å². The van der Waals surface area contributed by atoms with Crippen LogP contribution in [-0.2, 0) is 9.59 Å². The smallest absolute Gasteiger partial charge is 0.295 e. The fourth-order valence-electron chi connectivity index (χ4n) is 4.34. The van der Waals surface area contributed by atoms with E-state index in [9.17, 15) is 19.8 Å². The van der Waals surface area contributed by atoms with Crippen molar-refractivity contribution in [1.29, 1.82) is 0 Å². The van der Waals surface area contributed by atoms with Crippen LogP contribution >= 0.6 is 0 Å². The van der Waals surface area contributed by atoms with Gasteiger partial charge in [0.15, 0.2) is 0 Å². The Kier molecular flexibility index (Phi) is 5.01. The molecule has 1 atom stereocenters. The first-order valence-electron chi connectivity index (χ1n) is 9.74. The van der Waals surface area contributed by atoms with Gasteiger partial charge in [0.05, 0.1) is 18.7 Å². The Hall–Kier alpha value is -3.28. The molecule has 1 amide bonds. The number of phenols is 1. The molecular formula is C23H23NO5. The highest BCUT2D eigenvalue weighted by atomic mass is 16.5. The maximum atomic E-state index is 13.0. The zero-order chi connectivity index (χ0) is 20.5. The van der Waals surface area contributed by atoms with E-state index in [1.54, 1.807) is 54.5 Å². The van der Waals surface area contributed by atoms with Crippen LogP contribution in [0.3, 0.4) is 0 Å². The molecule has 2 aromatic carbocycles. The highest BCUT2D eigenvalue weighted by molar-refractivity contribution is 6.46. The van der Waals surface area contributed by atoms with Gasteiger partial charge in [-0.3, -0.25) is 9.59 Å². The normalized spacial score (nSPS) is 21.7. The first kappa shape index (κ1) is 19.1. The second-order valence-electron chi connectivity index (χ2n) is 7.47. The molecule has 29 heavy (non-hydrogen) atoms. The van der Waals surface area contributed by atoms with E-state index in [1.165, 1.54) is 6.07 Å². The minimum atomic E-state index is -0.729.